The predicted molar refractivity (Wildman–Crippen MR) is 46.5 cm³/mol. The molecule has 0 aromatic rings. The minimum atomic E-state index is -0.211. The summed E-state index contributed by atoms with van der Waals surface area (Å²) in [6.07, 6.45) is 3.91. The highest BCUT2D eigenvalue weighted by Gasteiger charge is 2.23. The first kappa shape index (κ1) is 9.01. The van der Waals surface area contributed by atoms with Crippen molar-refractivity contribution in [3.05, 3.63) is 0 Å². The van der Waals surface area contributed by atoms with Crippen molar-refractivity contribution in [1.29, 1.82) is 0 Å². The van der Waals surface area contributed by atoms with Crippen LogP contribution in [0, 0.1) is 5.92 Å². The summed E-state index contributed by atoms with van der Waals surface area (Å²) < 4.78 is 0. The Hall–Kier alpha value is -0.0800. The average molecular weight is 157 g/mol. The van der Waals surface area contributed by atoms with Crippen LogP contribution in [0.2, 0.25) is 0 Å². The molecular weight excluding hydrogens is 138 g/mol. The van der Waals surface area contributed by atoms with Gasteiger partial charge in [-0.1, -0.05) is 12.8 Å². The van der Waals surface area contributed by atoms with E-state index in [9.17, 15) is 0 Å². The van der Waals surface area contributed by atoms with E-state index in [1.165, 1.54) is 19.3 Å². The number of hydrogen-bond donors (Lipinski definition) is 2. The van der Waals surface area contributed by atoms with E-state index >= 15 is 0 Å². The molecule has 0 bridgehead atoms. The molecular formula is C9H19NO. The average Bonchev–Trinajstić information content (AvgIpc) is 2.67. The SMILES string of the molecule is CC(CC1CC1)NC[C@@H](C)O. The van der Waals surface area contributed by atoms with Crippen LogP contribution < -0.4 is 5.32 Å². The van der Waals surface area contributed by atoms with E-state index in [1.54, 1.807) is 0 Å². The summed E-state index contributed by atoms with van der Waals surface area (Å²) in [5.74, 6) is 0.978. The highest BCUT2D eigenvalue weighted by Crippen LogP contribution is 2.33. The molecule has 0 aromatic heterocycles. The van der Waals surface area contributed by atoms with E-state index in [0.29, 0.717) is 6.04 Å². The van der Waals surface area contributed by atoms with Gasteiger partial charge in [0.25, 0.3) is 0 Å². The molecule has 0 aliphatic heterocycles. The van der Waals surface area contributed by atoms with Crippen LogP contribution in [-0.2, 0) is 0 Å². The zero-order chi connectivity index (χ0) is 8.27. The van der Waals surface area contributed by atoms with Gasteiger partial charge in [0.05, 0.1) is 6.10 Å². The van der Waals surface area contributed by atoms with Gasteiger partial charge in [0.15, 0.2) is 0 Å². The van der Waals surface area contributed by atoms with Crippen LogP contribution in [0.25, 0.3) is 0 Å². The topological polar surface area (TPSA) is 32.3 Å². The summed E-state index contributed by atoms with van der Waals surface area (Å²) in [4.78, 5) is 0. The third-order valence-electron chi connectivity index (χ3n) is 2.15. The molecule has 66 valence electrons. The van der Waals surface area contributed by atoms with E-state index < -0.39 is 0 Å². The van der Waals surface area contributed by atoms with Gasteiger partial charge in [-0.25, -0.2) is 0 Å². The van der Waals surface area contributed by atoms with E-state index in [1.807, 2.05) is 6.92 Å². The Morgan fingerprint density at radius 3 is 2.55 bits per heavy atom. The van der Waals surface area contributed by atoms with Crippen LogP contribution in [0.15, 0.2) is 0 Å². The molecule has 0 heterocycles. The summed E-state index contributed by atoms with van der Waals surface area (Å²) >= 11 is 0. The zero-order valence-corrected chi connectivity index (χ0v) is 7.51. The van der Waals surface area contributed by atoms with Crippen LogP contribution in [-0.4, -0.2) is 23.8 Å². The van der Waals surface area contributed by atoms with E-state index in [-0.39, 0.29) is 6.10 Å². The summed E-state index contributed by atoms with van der Waals surface area (Å²) in [5.41, 5.74) is 0. The molecule has 0 radical (unpaired) electrons. The minimum absolute atomic E-state index is 0.211. The molecule has 0 spiro atoms. The lowest BCUT2D eigenvalue weighted by Crippen LogP contribution is -2.32. The van der Waals surface area contributed by atoms with Crippen LogP contribution in [0.3, 0.4) is 0 Å². The van der Waals surface area contributed by atoms with Crippen molar-refractivity contribution in [3.8, 4) is 0 Å². The maximum absolute atomic E-state index is 8.99. The molecule has 2 N–H and O–H groups in total. The fourth-order valence-corrected chi connectivity index (χ4v) is 1.31. The molecule has 1 aliphatic rings. The maximum atomic E-state index is 8.99. The Kier molecular flexibility index (Phi) is 3.34. The second kappa shape index (κ2) is 4.07. The quantitative estimate of drug-likeness (QED) is 0.627. The van der Waals surface area contributed by atoms with Gasteiger partial charge in [-0.15, -0.1) is 0 Å². The molecule has 1 aliphatic carbocycles. The third kappa shape index (κ3) is 4.38. The van der Waals surface area contributed by atoms with Crippen LogP contribution in [0.1, 0.15) is 33.1 Å². The smallest absolute Gasteiger partial charge is 0.0636 e. The summed E-state index contributed by atoms with van der Waals surface area (Å²) in [7, 11) is 0. The zero-order valence-electron chi connectivity index (χ0n) is 7.51. The molecule has 2 atom stereocenters. The van der Waals surface area contributed by atoms with Gasteiger partial charge in [-0.05, 0) is 26.2 Å². The normalized spacial score (nSPS) is 23.2. The van der Waals surface area contributed by atoms with E-state index in [0.717, 1.165) is 12.5 Å². The van der Waals surface area contributed by atoms with Crippen molar-refractivity contribution in [1.82, 2.24) is 5.32 Å². The number of aliphatic hydroxyl groups excluding tert-OH is 1. The van der Waals surface area contributed by atoms with Crippen molar-refractivity contribution in [3.63, 3.8) is 0 Å². The van der Waals surface area contributed by atoms with Gasteiger partial charge >= 0.3 is 0 Å². The molecule has 1 saturated carbocycles. The van der Waals surface area contributed by atoms with Crippen LogP contribution >= 0.6 is 0 Å². The summed E-state index contributed by atoms with van der Waals surface area (Å²) in [6, 6.07) is 0.581. The Bertz CT molecular complexity index is 110. The maximum Gasteiger partial charge on any atom is 0.0636 e. The Balaban J connectivity index is 1.95. The molecule has 0 amide bonds. The fourth-order valence-electron chi connectivity index (χ4n) is 1.31. The first-order chi connectivity index (χ1) is 5.18. The van der Waals surface area contributed by atoms with Crippen molar-refractivity contribution in [2.45, 2.75) is 45.3 Å². The van der Waals surface area contributed by atoms with Gasteiger partial charge in [0, 0.05) is 12.6 Å². The molecule has 1 rings (SSSR count). The lowest BCUT2D eigenvalue weighted by atomic mass is 10.1. The summed E-state index contributed by atoms with van der Waals surface area (Å²) in [6.45, 7) is 4.74. The third-order valence-corrected chi connectivity index (χ3v) is 2.15. The lowest BCUT2D eigenvalue weighted by Gasteiger charge is -2.14. The molecule has 2 heteroatoms. The highest BCUT2D eigenvalue weighted by molar-refractivity contribution is 4.78. The number of hydrogen-bond acceptors (Lipinski definition) is 2. The number of rotatable bonds is 5. The van der Waals surface area contributed by atoms with Gasteiger partial charge < -0.3 is 10.4 Å². The fraction of sp³-hybridized carbons (Fsp3) is 1.00. The molecule has 11 heavy (non-hydrogen) atoms. The predicted octanol–water partition coefficient (Wildman–Crippen LogP) is 1.15. The van der Waals surface area contributed by atoms with Crippen molar-refractivity contribution >= 4 is 0 Å². The molecule has 0 saturated heterocycles. The largest absolute Gasteiger partial charge is 0.392 e. The van der Waals surface area contributed by atoms with Gasteiger partial charge in [0.2, 0.25) is 0 Å². The van der Waals surface area contributed by atoms with Gasteiger partial charge in [-0.2, -0.15) is 0 Å². The van der Waals surface area contributed by atoms with Crippen LogP contribution in [0.4, 0.5) is 0 Å². The second-order valence-electron chi connectivity index (χ2n) is 3.84. The Morgan fingerprint density at radius 2 is 2.09 bits per heavy atom. The molecule has 0 aromatic carbocycles. The minimum Gasteiger partial charge on any atom is -0.392 e. The first-order valence-electron chi connectivity index (χ1n) is 4.60. The van der Waals surface area contributed by atoms with Gasteiger partial charge in [0.1, 0.15) is 0 Å². The van der Waals surface area contributed by atoms with Crippen LogP contribution in [0.5, 0.6) is 0 Å². The Labute approximate surface area is 69.0 Å². The van der Waals surface area contributed by atoms with E-state index in [2.05, 4.69) is 12.2 Å². The first-order valence-corrected chi connectivity index (χ1v) is 4.60. The van der Waals surface area contributed by atoms with Gasteiger partial charge in [-0.3, -0.25) is 0 Å². The summed E-state index contributed by atoms with van der Waals surface area (Å²) in [5, 5.41) is 12.3. The standard InChI is InChI=1S/C9H19NO/c1-7(5-9-3-4-9)10-6-8(2)11/h7-11H,3-6H2,1-2H3/t7?,8-/m1/s1. The highest BCUT2D eigenvalue weighted by atomic mass is 16.3. The molecule has 1 fully saturated rings. The monoisotopic (exact) mass is 157 g/mol. The van der Waals surface area contributed by atoms with Crippen molar-refractivity contribution in [2.75, 3.05) is 6.54 Å². The Morgan fingerprint density at radius 1 is 1.45 bits per heavy atom. The molecule has 1 unspecified atom stereocenters. The molecule has 2 nitrogen and oxygen atoms in total. The van der Waals surface area contributed by atoms with E-state index in [4.69, 9.17) is 5.11 Å². The lowest BCUT2D eigenvalue weighted by molar-refractivity contribution is 0.186. The second-order valence-corrected chi connectivity index (χ2v) is 3.84. The van der Waals surface area contributed by atoms with Crippen molar-refractivity contribution < 1.29 is 5.11 Å². The number of aliphatic hydroxyl groups is 1. The van der Waals surface area contributed by atoms with Crippen molar-refractivity contribution in [2.24, 2.45) is 5.92 Å². The number of nitrogens with one attached hydrogen (secondary N) is 1.